The maximum Gasteiger partial charge on any atom is 0.472 e. The second-order valence-corrected chi connectivity index (χ2v) is 21.6. The summed E-state index contributed by atoms with van der Waals surface area (Å²) in [7, 11) is -4.75. The molecule has 74 heavy (non-hydrogen) atoms. The third-order valence-corrected chi connectivity index (χ3v) is 13.8. The first-order valence-corrected chi connectivity index (χ1v) is 31.7. The minimum atomic E-state index is -4.75. The molecule has 0 aromatic carbocycles. The van der Waals surface area contributed by atoms with Gasteiger partial charge in [0.05, 0.1) is 19.8 Å². The molecule has 3 atom stereocenters. The second kappa shape index (κ2) is 56.4. The number of rotatable bonds is 56. The quantitative estimate of drug-likeness (QED) is 0.0197. The summed E-state index contributed by atoms with van der Waals surface area (Å²) in [6, 6.07) is 0. The Morgan fingerprint density at radius 2 is 0.676 bits per heavy atom. The van der Waals surface area contributed by atoms with Crippen LogP contribution in [0.5, 0.6) is 0 Å². The molecule has 0 aliphatic heterocycles. The van der Waals surface area contributed by atoms with E-state index in [1.165, 1.54) is 103 Å². The van der Waals surface area contributed by atoms with Crippen LogP contribution in [0.4, 0.5) is 0 Å². The highest BCUT2D eigenvalue weighted by molar-refractivity contribution is 7.47. The molecule has 0 radical (unpaired) electrons. The number of unbranched alkanes of at least 4 members (excludes halogenated alkanes) is 29. The Balaban J connectivity index is 4.67. The number of aliphatic hydroxyl groups excluding tert-OH is 1. The summed E-state index contributed by atoms with van der Waals surface area (Å²) in [6.45, 7) is 4.57. The van der Waals surface area contributed by atoms with E-state index < -0.39 is 57.8 Å². The molecule has 0 amide bonds. The summed E-state index contributed by atoms with van der Waals surface area (Å²) in [5.41, 5.74) is 0. The van der Waals surface area contributed by atoms with Gasteiger partial charge in [-0.2, -0.15) is 0 Å². The third kappa shape index (κ3) is 54.0. The van der Waals surface area contributed by atoms with Crippen LogP contribution in [0.2, 0.25) is 0 Å². The highest BCUT2D eigenvalue weighted by atomic mass is 31.2. The zero-order valence-electron chi connectivity index (χ0n) is 47.6. The molecule has 3 unspecified atom stereocenters. The summed E-state index contributed by atoms with van der Waals surface area (Å²) >= 11 is 0. The summed E-state index contributed by atoms with van der Waals surface area (Å²) in [5, 5.41) is 9.83. The number of phosphoric ester groups is 1. The minimum Gasteiger partial charge on any atom is -0.462 e. The SMILES string of the molecule is CCCC/C=C\CCCCCCCC(=O)OCC(COP(=O)(O)OCC(CO)OC(=O)CCCCCCCCC/C=C\CCCCCCCC)OC(=O)CCCCCCCC/C=C\C/C=C\C/C=C\CCCCC. The Hall–Kier alpha value is -2.82. The van der Waals surface area contributed by atoms with Crippen LogP contribution in [0.25, 0.3) is 0 Å². The molecule has 12 heteroatoms. The first-order chi connectivity index (χ1) is 36.2. The molecule has 0 aromatic rings. The number of phosphoric acid groups is 1. The summed E-state index contributed by atoms with van der Waals surface area (Å²) in [6.07, 6.45) is 61.7. The lowest BCUT2D eigenvalue weighted by atomic mass is 10.1. The molecular weight excluding hydrogens is 952 g/mol. The zero-order chi connectivity index (χ0) is 54.1. The topological polar surface area (TPSA) is 155 Å². The third-order valence-electron chi connectivity index (χ3n) is 12.9. The number of hydrogen-bond acceptors (Lipinski definition) is 10. The smallest absolute Gasteiger partial charge is 0.462 e. The average molecular weight is 1060 g/mol. The van der Waals surface area contributed by atoms with Crippen LogP contribution in [0.15, 0.2) is 60.8 Å². The van der Waals surface area contributed by atoms with Gasteiger partial charge in [-0.3, -0.25) is 23.4 Å². The van der Waals surface area contributed by atoms with Crippen molar-refractivity contribution in [3.05, 3.63) is 60.8 Å². The number of hydrogen-bond donors (Lipinski definition) is 2. The van der Waals surface area contributed by atoms with Crippen molar-refractivity contribution in [1.29, 1.82) is 0 Å². The number of ether oxygens (including phenoxy) is 3. The van der Waals surface area contributed by atoms with E-state index in [9.17, 15) is 28.9 Å². The molecule has 0 heterocycles. The van der Waals surface area contributed by atoms with E-state index >= 15 is 0 Å². The van der Waals surface area contributed by atoms with Crippen LogP contribution >= 0.6 is 7.82 Å². The molecule has 0 aliphatic rings. The largest absolute Gasteiger partial charge is 0.472 e. The lowest BCUT2D eigenvalue weighted by Gasteiger charge is -2.21. The average Bonchev–Trinajstić information content (AvgIpc) is 3.39. The summed E-state index contributed by atoms with van der Waals surface area (Å²) < 4.78 is 39.5. The fraction of sp³-hybridized carbons (Fsp3) is 0.790. The lowest BCUT2D eigenvalue weighted by molar-refractivity contribution is -0.161. The fourth-order valence-electron chi connectivity index (χ4n) is 8.22. The standard InChI is InChI=1S/C62H111O11P/c1-4-7-10-13-16-19-22-24-26-28-29-31-33-35-38-41-44-47-50-53-62(66)73-59(55-69-60(64)51-48-45-42-39-36-21-18-15-12-9-6-3)57-71-74(67,68)70-56-58(54-63)72-61(65)52-49-46-43-40-37-34-32-30-27-25-23-20-17-14-11-8-5-2/h15-16,18-19,24-27,29,31,58-59,63H,4-14,17,20-23,28,30,32-57H2,1-3H3,(H,67,68)/b18-15-,19-16-,26-24-,27-25-,31-29-. The first-order valence-electron chi connectivity index (χ1n) is 30.2. The van der Waals surface area contributed by atoms with Crippen LogP contribution in [0.3, 0.4) is 0 Å². The first kappa shape index (κ1) is 71.2. The van der Waals surface area contributed by atoms with Crippen molar-refractivity contribution >= 4 is 25.7 Å². The van der Waals surface area contributed by atoms with Gasteiger partial charge in [0.25, 0.3) is 0 Å². The highest BCUT2D eigenvalue weighted by Crippen LogP contribution is 2.43. The minimum absolute atomic E-state index is 0.151. The molecule has 430 valence electrons. The van der Waals surface area contributed by atoms with E-state index in [2.05, 4.69) is 81.5 Å². The van der Waals surface area contributed by atoms with Gasteiger partial charge < -0.3 is 24.2 Å². The normalized spacial score (nSPS) is 13.7. The van der Waals surface area contributed by atoms with Crippen LogP contribution in [-0.4, -0.2) is 66.5 Å². The molecule has 0 saturated heterocycles. The van der Waals surface area contributed by atoms with E-state index in [0.29, 0.717) is 19.3 Å². The van der Waals surface area contributed by atoms with Crippen LogP contribution in [0.1, 0.15) is 278 Å². The molecule has 2 N–H and O–H groups in total. The van der Waals surface area contributed by atoms with Gasteiger partial charge in [-0.1, -0.05) is 216 Å². The lowest BCUT2D eigenvalue weighted by Crippen LogP contribution is -2.30. The monoisotopic (exact) mass is 1060 g/mol. The number of allylic oxidation sites excluding steroid dienone is 10. The van der Waals surface area contributed by atoms with E-state index in [1.54, 1.807) is 0 Å². The Labute approximate surface area is 453 Å². The van der Waals surface area contributed by atoms with Crippen LogP contribution < -0.4 is 0 Å². The van der Waals surface area contributed by atoms with Crippen molar-refractivity contribution in [2.45, 2.75) is 290 Å². The number of carbonyl (C=O) groups excluding carboxylic acids is 3. The van der Waals surface area contributed by atoms with E-state index in [1.807, 2.05) is 0 Å². The number of esters is 3. The number of carbonyl (C=O) groups is 3. The number of aliphatic hydroxyl groups is 1. The Bertz CT molecular complexity index is 1470. The van der Waals surface area contributed by atoms with Crippen molar-refractivity contribution in [2.75, 3.05) is 26.4 Å². The Morgan fingerprint density at radius 1 is 0.378 bits per heavy atom. The Morgan fingerprint density at radius 3 is 1.09 bits per heavy atom. The van der Waals surface area contributed by atoms with Gasteiger partial charge in [0.15, 0.2) is 6.10 Å². The van der Waals surface area contributed by atoms with Gasteiger partial charge in [-0.05, 0) is 103 Å². The van der Waals surface area contributed by atoms with Gasteiger partial charge in [-0.25, -0.2) is 4.57 Å². The van der Waals surface area contributed by atoms with Gasteiger partial charge in [0.2, 0.25) is 0 Å². The fourth-order valence-corrected chi connectivity index (χ4v) is 9.01. The van der Waals surface area contributed by atoms with Gasteiger partial charge in [-0.15, -0.1) is 0 Å². The van der Waals surface area contributed by atoms with Gasteiger partial charge in [0.1, 0.15) is 12.7 Å². The van der Waals surface area contributed by atoms with E-state index in [0.717, 1.165) is 116 Å². The van der Waals surface area contributed by atoms with Crippen molar-refractivity contribution in [1.82, 2.24) is 0 Å². The van der Waals surface area contributed by atoms with Crippen molar-refractivity contribution < 1.29 is 52.2 Å². The maximum atomic E-state index is 12.9. The highest BCUT2D eigenvalue weighted by Gasteiger charge is 2.28. The van der Waals surface area contributed by atoms with Crippen LogP contribution in [-0.2, 0) is 42.2 Å². The van der Waals surface area contributed by atoms with Crippen molar-refractivity contribution in [2.24, 2.45) is 0 Å². The molecule has 11 nitrogen and oxygen atoms in total. The van der Waals surface area contributed by atoms with Crippen LogP contribution in [0, 0.1) is 0 Å². The summed E-state index contributed by atoms with van der Waals surface area (Å²) in [4.78, 5) is 48.5. The van der Waals surface area contributed by atoms with Gasteiger partial charge in [0, 0.05) is 19.3 Å². The predicted molar refractivity (Wildman–Crippen MR) is 307 cm³/mol. The molecule has 0 aliphatic carbocycles. The van der Waals surface area contributed by atoms with Gasteiger partial charge >= 0.3 is 25.7 Å². The van der Waals surface area contributed by atoms with Crippen molar-refractivity contribution in [3.8, 4) is 0 Å². The molecule has 0 aromatic heterocycles. The summed E-state index contributed by atoms with van der Waals surface area (Å²) in [5.74, 6) is -1.49. The molecular formula is C62H111O11P. The Kier molecular flexibility index (Phi) is 54.2. The predicted octanol–water partition coefficient (Wildman–Crippen LogP) is 17.9. The molecule has 0 bridgehead atoms. The molecule has 0 spiro atoms. The second-order valence-electron chi connectivity index (χ2n) is 20.2. The van der Waals surface area contributed by atoms with E-state index in [-0.39, 0.29) is 25.9 Å². The molecule has 0 saturated carbocycles. The van der Waals surface area contributed by atoms with E-state index in [4.69, 9.17) is 23.3 Å². The maximum absolute atomic E-state index is 12.9. The molecule has 0 rings (SSSR count). The zero-order valence-corrected chi connectivity index (χ0v) is 48.5. The van der Waals surface area contributed by atoms with Crippen molar-refractivity contribution in [3.63, 3.8) is 0 Å². The molecule has 0 fully saturated rings.